The summed E-state index contributed by atoms with van der Waals surface area (Å²) in [6.45, 7) is 0. The largest absolute Gasteiger partial charge is 0.461 e. The molecular weight excluding hydrogens is 140 g/mol. The van der Waals surface area contributed by atoms with E-state index in [0.717, 1.165) is 12.8 Å². The molecule has 0 aromatic rings. The first kappa shape index (κ1) is 7.14. The number of rotatable bonds is 0. The minimum Gasteiger partial charge on any atom is -0.461 e. The van der Waals surface area contributed by atoms with Crippen LogP contribution in [-0.2, 0) is 9.53 Å². The number of carbonyl (C=O) groups is 1. The maximum Gasteiger partial charge on any atom is 0.313 e. The molecule has 1 heterocycles. The molecule has 2 nitrogen and oxygen atoms in total. The zero-order valence-corrected chi connectivity index (χ0v) is 6.71. The van der Waals surface area contributed by atoms with Crippen LogP contribution >= 0.6 is 0 Å². The molecule has 1 saturated heterocycles. The van der Waals surface area contributed by atoms with Gasteiger partial charge in [-0.3, -0.25) is 4.79 Å². The van der Waals surface area contributed by atoms with Crippen molar-refractivity contribution in [3.05, 3.63) is 0 Å². The van der Waals surface area contributed by atoms with Gasteiger partial charge in [-0.2, -0.15) is 0 Å². The third-order valence-electron chi connectivity index (χ3n) is 2.77. The Morgan fingerprint density at radius 3 is 2.55 bits per heavy atom. The van der Waals surface area contributed by atoms with Crippen LogP contribution in [-0.4, -0.2) is 12.1 Å². The second kappa shape index (κ2) is 2.84. The predicted molar refractivity (Wildman–Crippen MR) is 41.1 cm³/mol. The van der Waals surface area contributed by atoms with Crippen LogP contribution in [0.3, 0.4) is 0 Å². The summed E-state index contributed by atoms with van der Waals surface area (Å²) in [6, 6.07) is 0. The Balaban J connectivity index is 1.92. The van der Waals surface area contributed by atoms with E-state index >= 15 is 0 Å². The van der Waals surface area contributed by atoms with Crippen LogP contribution in [0, 0.1) is 5.92 Å². The molecule has 0 aromatic heterocycles. The number of hydrogen-bond donors (Lipinski definition) is 0. The molecule has 1 aliphatic carbocycles. The number of esters is 1. The highest BCUT2D eigenvalue weighted by Gasteiger charge is 2.41. The van der Waals surface area contributed by atoms with E-state index in [1.807, 2.05) is 0 Å². The number of ether oxygens (including phenoxy) is 1. The van der Waals surface area contributed by atoms with Gasteiger partial charge < -0.3 is 4.74 Å². The summed E-state index contributed by atoms with van der Waals surface area (Å²) in [6.07, 6.45) is 7.56. The summed E-state index contributed by atoms with van der Waals surface area (Å²) in [5.41, 5.74) is 0. The highest BCUT2D eigenvalue weighted by molar-refractivity contribution is 5.78. The Kier molecular flexibility index (Phi) is 1.84. The van der Waals surface area contributed by atoms with Gasteiger partial charge in [0.05, 0.1) is 5.92 Å². The smallest absolute Gasteiger partial charge is 0.313 e. The van der Waals surface area contributed by atoms with Crippen LogP contribution < -0.4 is 0 Å². The Morgan fingerprint density at radius 1 is 1.09 bits per heavy atom. The molecule has 2 rings (SSSR count). The fourth-order valence-corrected chi connectivity index (χ4v) is 2.03. The molecule has 0 aromatic carbocycles. The van der Waals surface area contributed by atoms with Gasteiger partial charge in [-0.25, -0.2) is 0 Å². The maximum absolute atomic E-state index is 10.9. The first-order valence-corrected chi connectivity index (χ1v) is 4.58. The highest BCUT2D eigenvalue weighted by Crippen LogP contribution is 2.33. The molecule has 2 aliphatic rings. The molecular formula is C9H14O2. The van der Waals surface area contributed by atoms with Gasteiger partial charge in [0, 0.05) is 0 Å². The summed E-state index contributed by atoms with van der Waals surface area (Å²) in [5.74, 6) is 0.326. The Labute approximate surface area is 66.9 Å². The SMILES string of the molecule is O=C1OC2CCCCCCC12. The molecule has 1 aliphatic heterocycles. The van der Waals surface area contributed by atoms with E-state index in [0.29, 0.717) is 6.10 Å². The van der Waals surface area contributed by atoms with Gasteiger partial charge in [-0.1, -0.05) is 19.3 Å². The van der Waals surface area contributed by atoms with Gasteiger partial charge in [-0.15, -0.1) is 0 Å². The minimum absolute atomic E-state index is 0.0527. The Morgan fingerprint density at radius 2 is 1.82 bits per heavy atom. The van der Waals surface area contributed by atoms with E-state index in [4.69, 9.17) is 4.74 Å². The summed E-state index contributed by atoms with van der Waals surface area (Å²) >= 11 is 0. The van der Waals surface area contributed by atoms with Crippen LogP contribution in [0.5, 0.6) is 0 Å². The van der Waals surface area contributed by atoms with Crippen LogP contribution in [0.15, 0.2) is 0 Å². The molecule has 2 unspecified atom stereocenters. The molecule has 2 fully saturated rings. The molecule has 0 spiro atoms. The number of carbonyl (C=O) groups excluding carboxylic acids is 1. The molecule has 0 amide bonds. The third-order valence-corrected chi connectivity index (χ3v) is 2.77. The number of fused-ring (bicyclic) bond motifs is 1. The Bertz CT molecular complexity index is 165. The molecule has 62 valence electrons. The fraction of sp³-hybridized carbons (Fsp3) is 0.889. The van der Waals surface area contributed by atoms with Crippen LogP contribution in [0.25, 0.3) is 0 Å². The second-order valence-electron chi connectivity index (χ2n) is 3.57. The molecule has 11 heavy (non-hydrogen) atoms. The van der Waals surface area contributed by atoms with Crippen molar-refractivity contribution in [3.8, 4) is 0 Å². The lowest BCUT2D eigenvalue weighted by atomic mass is 9.85. The lowest BCUT2D eigenvalue weighted by Crippen LogP contribution is -2.45. The van der Waals surface area contributed by atoms with Crippen molar-refractivity contribution in [2.75, 3.05) is 0 Å². The van der Waals surface area contributed by atoms with E-state index in [1.165, 1.54) is 25.7 Å². The van der Waals surface area contributed by atoms with E-state index < -0.39 is 0 Å². The van der Waals surface area contributed by atoms with Crippen molar-refractivity contribution in [2.45, 2.75) is 44.6 Å². The van der Waals surface area contributed by atoms with Gasteiger partial charge >= 0.3 is 5.97 Å². The zero-order valence-electron chi connectivity index (χ0n) is 6.71. The fourth-order valence-electron chi connectivity index (χ4n) is 2.03. The predicted octanol–water partition coefficient (Wildman–Crippen LogP) is 1.88. The summed E-state index contributed by atoms with van der Waals surface area (Å²) in [4.78, 5) is 10.9. The van der Waals surface area contributed by atoms with Crippen molar-refractivity contribution in [2.24, 2.45) is 5.92 Å². The lowest BCUT2D eigenvalue weighted by molar-refractivity contribution is -0.186. The van der Waals surface area contributed by atoms with Crippen LogP contribution in [0.1, 0.15) is 38.5 Å². The zero-order chi connectivity index (χ0) is 7.68. The van der Waals surface area contributed by atoms with Gasteiger partial charge in [0.2, 0.25) is 0 Å². The quantitative estimate of drug-likeness (QED) is 0.498. The van der Waals surface area contributed by atoms with Gasteiger partial charge in [-0.05, 0) is 19.3 Å². The average Bonchev–Trinajstić information content (AvgIpc) is 1.96. The van der Waals surface area contributed by atoms with Crippen molar-refractivity contribution >= 4 is 5.97 Å². The van der Waals surface area contributed by atoms with E-state index in [9.17, 15) is 4.79 Å². The van der Waals surface area contributed by atoms with E-state index in [-0.39, 0.29) is 11.9 Å². The molecule has 0 radical (unpaired) electrons. The van der Waals surface area contributed by atoms with Crippen LogP contribution in [0.2, 0.25) is 0 Å². The first-order chi connectivity index (χ1) is 5.38. The monoisotopic (exact) mass is 154 g/mol. The molecule has 2 heteroatoms. The van der Waals surface area contributed by atoms with Gasteiger partial charge in [0.1, 0.15) is 6.10 Å². The van der Waals surface area contributed by atoms with Crippen molar-refractivity contribution in [3.63, 3.8) is 0 Å². The van der Waals surface area contributed by atoms with Gasteiger partial charge in [0.25, 0.3) is 0 Å². The van der Waals surface area contributed by atoms with E-state index in [2.05, 4.69) is 0 Å². The second-order valence-corrected chi connectivity index (χ2v) is 3.57. The van der Waals surface area contributed by atoms with E-state index in [1.54, 1.807) is 0 Å². The number of hydrogen-bond acceptors (Lipinski definition) is 2. The maximum atomic E-state index is 10.9. The standard InChI is InChI=1S/C9H14O2/c10-9-7-5-3-1-2-4-6-8(7)11-9/h7-8H,1-6H2. The van der Waals surface area contributed by atoms with Crippen molar-refractivity contribution in [1.29, 1.82) is 0 Å². The first-order valence-electron chi connectivity index (χ1n) is 4.58. The topological polar surface area (TPSA) is 26.3 Å². The van der Waals surface area contributed by atoms with Gasteiger partial charge in [0.15, 0.2) is 0 Å². The van der Waals surface area contributed by atoms with Crippen LogP contribution in [0.4, 0.5) is 0 Å². The minimum atomic E-state index is 0.0527. The Hall–Kier alpha value is -0.530. The summed E-state index contributed by atoms with van der Waals surface area (Å²) in [7, 11) is 0. The van der Waals surface area contributed by atoms with Crippen molar-refractivity contribution in [1.82, 2.24) is 0 Å². The normalized spacial score (nSPS) is 37.6. The third kappa shape index (κ3) is 1.26. The molecule has 1 saturated carbocycles. The summed E-state index contributed by atoms with van der Waals surface area (Å²) in [5, 5.41) is 0. The lowest BCUT2D eigenvalue weighted by Gasteiger charge is -2.36. The molecule has 0 bridgehead atoms. The molecule has 0 N–H and O–H groups in total. The highest BCUT2D eigenvalue weighted by atomic mass is 16.6. The average molecular weight is 154 g/mol. The van der Waals surface area contributed by atoms with Crippen molar-refractivity contribution < 1.29 is 9.53 Å². The summed E-state index contributed by atoms with van der Waals surface area (Å²) < 4.78 is 5.04. The molecule has 2 atom stereocenters.